The Labute approximate surface area is 98.3 Å². The van der Waals surface area contributed by atoms with Gasteiger partial charge in [0, 0.05) is 19.1 Å². The van der Waals surface area contributed by atoms with Gasteiger partial charge in [-0.3, -0.25) is 9.69 Å². The third-order valence-electron chi connectivity index (χ3n) is 2.62. The maximum absolute atomic E-state index is 11.9. The quantitative estimate of drug-likeness (QED) is 0.762. The number of carbonyl (C=O) groups excluding carboxylic acids is 1. The standard InChI is InChI=1S/C10H18F3N3O/c1-7-2-8(14)4-16(3-7)5-9(17)15-6-10(11,12)13/h7-8H,2-6,14H2,1H3,(H,15,17). The van der Waals surface area contributed by atoms with E-state index >= 15 is 0 Å². The smallest absolute Gasteiger partial charge is 0.346 e. The van der Waals surface area contributed by atoms with E-state index in [9.17, 15) is 18.0 Å². The molecule has 0 radical (unpaired) electrons. The summed E-state index contributed by atoms with van der Waals surface area (Å²) >= 11 is 0. The van der Waals surface area contributed by atoms with Gasteiger partial charge in [-0.25, -0.2) is 0 Å². The van der Waals surface area contributed by atoms with Gasteiger partial charge in [-0.05, 0) is 12.3 Å². The third-order valence-corrected chi connectivity index (χ3v) is 2.62. The highest BCUT2D eigenvalue weighted by Crippen LogP contribution is 2.15. The van der Waals surface area contributed by atoms with Crippen LogP contribution in [0.5, 0.6) is 0 Å². The molecule has 2 atom stereocenters. The first kappa shape index (κ1) is 14.2. The van der Waals surface area contributed by atoms with Crippen molar-refractivity contribution in [2.24, 2.45) is 11.7 Å². The first-order valence-corrected chi connectivity index (χ1v) is 5.57. The van der Waals surface area contributed by atoms with Crippen LogP contribution in [0.2, 0.25) is 0 Å². The number of likely N-dealkylation sites (tertiary alicyclic amines) is 1. The van der Waals surface area contributed by atoms with E-state index in [0.29, 0.717) is 19.0 Å². The van der Waals surface area contributed by atoms with E-state index in [1.807, 2.05) is 12.2 Å². The fraction of sp³-hybridized carbons (Fsp3) is 0.900. The largest absolute Gasteiger partial charge is 0.405 e. The van der Waals surface area contributed by atoms with Crippen LogP contribution in [0.3, 0.4) is 0 Å². The van der Waals surface area contributed by atoms with Gasteiger partial charge >= 0.3 is 6.18 Å². The van der Waals surface area contributed by atoms with E-state index in [1.165, 1.54) is 0 Å². The van der Waals surface area contributed by atoms with Crippen LogP contribution in [0.4, 0.5) is 13.2 Å². The fourth-order valence-electron chi connectivity index (χ4n) is 2.10. The number of hydrogen-bond acceptors (Lipinski definition) is 3. The van der Waals surface area contributed by atoms with Crippen molar-refractivity contribution in [2.45, 2.75) is 25.6 Å². The normalized spacial score (nSPS) is 26.9. The Kier molecular flexibility index (Phi) is 4.76. The van der Waals surface area contributed by atoms with Crippen molar-refractivity contribution in [3.05, 3.63) is 0 Å². The van der Waals surface area contributed by atoms with Crippen LogP contribution in [0.15, 0.2) is 0 Å². The van der Waals surface area contributed by atoms with Crippen molar-refractivity contribution in [3.63, 3.8) is 0 Å². The van der Waals surface area contributed by atoms with E-state index in [2.05, 4.69) is 0 Å². The average molecular weight is 253 g/mol. The number of halogens is 3. The van der Waals surface area contributed by atoms with Crippen molar-refractivity contribution >= 4 is 5.91 Å². The molecule has 0 spiro atoms. The van der Waals surface area contributed by atoms with E-state index in [-0.39, 0.29) is 12.6 Å². The highest BCUT2D eigenvalue weighted by Gasteiger charge is 2.29. The molecule has 0 bridgehead atoms. The Morgan fingerprint density at radius 3 is 2.65 bits per heavy atom. The number of nitrogens with one attached hydrogen (secondary N) is 1. The molecule has 0 aromatic heterocycles. The highest BCUT2D eigenvalue weighted by molar-refractivity contribution is 5.78. The highest BCUT2D eigenvalue weighted by atomic mass is 19.4. The molecule has 3 N–H and O–H groups in total. The maximum Gasteiger partial charge on any atom is 0.405 e. The minimum Gasteiger partial charge on any atom is -0.346 e. The zero-order chi connectivity index (χ0) is 13.1. The Morgan fingerprint density at radius 2 is 2.12 bits per heavy atom. The second-order valence-electron chi connectivity index (χ2n) is 4.69. The van der Waals surface area contributed by atoms with Crippen molar-refractivity contribution < 1.29 is 18.0 Å². The van der Waals surface area contributed by atoms with Gasteiger partial charge in [0.2, 0.25) is 5.91 Å². The molecule has 1 aliphatic rings. The first-order chi connectivity index (χ1) is 7.76. The fourth-order valence-corrected chi connectivity index (χ4v) is 2.10. The van der Waals surface area contributed by atoms with Gasteiger partial charge in [0.25, 0.3) is 0 Å². The summed E-state index contributed by atoms with van der Waals surface area (Å²) in [4.78, 5) is 13.1. The molecule has 0 saturated carbocycles. The van der Waals surface area contributed by atoms with Gasteiger partial charge in [-0.15, -0.1) is 0 Å². The molecule has 100 valence electrons. The molecule has 1 amide bonds. The number of nitrogens with two attached hydrogens (primary N) is 1. The van der Waals surface area contributed by atoms with Gasteiger partial charge in [0.05, 0.1) is 6.54 Å². The summed E-state index contributed by atoms with van der Waals surface area (Å²) in [5.41, 5.74) is 5.78. The lowest BCUT2D eigenvalue weighted by Gasteiger charge is -2.34. The summed E-state index contributed by atoms with van der Waals surface area (Å²) in [6.45, 7) is 1.98. The Bertz CT molecular complexity index is 260. The van der Waals surface area contributed by atoms with Gasteiger partial charge in [-0.1, -0.05) is 6.92 Å². The Morgan fingerprint density at radius 1 is 1.47 bits per heavy atom. The zero-order valence-corrected chi connectivity index (χ0v) is 9.76. The lowest BCUT2D eigenvalue weighted by Crippen LogP contribution is -2.50. The minimum atomic E-state index is -4.36. The van der Waals surface area contributed by atoms with Crippen LogP contribution in [-0.4, -0.2) is 49.2 Å². The van der Waals surface area contributed by atoms with E-state index in [4.69, 9.17) is 5.73 Å². The number of amides is 1. The molecule has 1 heterocycles. The van der Waals surface area contributed by atoms with Gasteiger partial charge in [0.1, 0.15) is 6.54 Å². The predicted molar refractivity (Wildman–Crippen MR) is 57.3 cm³/mol. The molecule has 0 aromatic carbocycles. The predicted octanol–water partition coefficient (Wildman–Crippen LogP) is 0.334. The van der Waals surface area contributed by atoms with Gasteiger partial charge in [-0.2, -0.15) is 13.2 Å². The Balaban J connectivity index is 2.30. The van der Waals surface area contributed by atoms with Crippen LogP contribution in [0, 0.1) is 5.92 Å². The molecular formula is C10H18F3N3O. The first-order valence-electron chi connectivity index (χ1n) is 5.57. The lowest BCUT2D eigenvalue weighted by molar-refractivity contribution is -0.139. The van der Waals surface area contributed by atoms with Crippen molar-refractivity contribution in [1.29, 1.82) is 0 Å². The molecule has 1 aliphatic heterocycles. The zero-order valence-electron chi connectivity index (χ0n) is 9.76. The number of rotatable bonds is 3. The molecule has 1 fully saturated rings. The van der Waals surface area contributed by atoms with Crippen LogP contribution in [0.1, 0.15) is 13.3 Å². The van der Waals surface area contributed by atoms with Crippen molar-refractivity contribution in [2.75, 3.05) is 26.2 Å². The van der Waals surface area contributed by atoms with Crippen molar-refractivity contribution in [3.8, 4) is 0 Å². The summed E-state index contributed by atoms with van der Waals surface area (Å²) < 4.78 is 35.6. The summed E-state index contributed by atoms with van der Waals surface area (Å²) in [6.07, 6.45) is -3.47. The monoisotopic (exact) mass is 253 g/mol. The van der Waals surface area contributed by atoms with Gasteiger partial charge < -0.3 is 11.1 Å². The van der Waals surface area contributed by atoms with Crippen molar-refractivity contribution in [1.82, 2.24) is 10.2 Å². The molecule has 7 heteroatoms. The molecule has 0 aliphatic carbocycles. The maximum atomic E-state index is 11.9. The van der Waals surface area contributed by atoms with Crippen LogP contribution in [-0.2, 0) is 4.79 Å². The molecule has 1 rings (SSSR count). The number of hydrogen-bond donors (Lipinski definition) is 2. The molecule has 0 aromatic rings. The molecular weight excluding hydrogens is 235 g/mol. The Hall–Kier alpha value is -0.820. The number of alkyl halides is 3. The van der Waals surface area contributed by atoms with Crippen LogP contribution >= 0.6 is 0 Å². The average Bonchev–Trinajstić information content (AvgIpc) is 2.11. The topological polar surface area (TPSA) is 58.4 Å². The summed E-state index contributed by atoms with van der Waals surface area (Å²) in [7, 11) is 0. The van der Waals surface area contributed by atoms with E-state index in [1.54, 1.807) is 4.90 Å². The second-order valence-corrected chi connectivity index (χ2v) is 4.69. The molecule has 17 heavy (non-hydrogen) atoms. The third kappa shape index (κ3) is 5.88. The second kappa shape index (κ2) is 5.68. The van der Waals surface area contributed by atoms with E-state index in [0.717, 1.165) is 6.42 Å². The lowest BCUT2D eigenvalue weighted by atomic mass is 9.97. The van der Waals surface area contributed by atoms with Crippen LogP contribution in [0.25, 0.3) is 0 Å². The number of nitrogens with zero attached hydrogens (tertiary/aromatic N) is 1. The summed E-state index contributed by atoms with van der Waals surface area (Å²) in [6, 6.07) is -0.00540. The molecule has 2 unspecified atom stereocenters. The SMILES string of the molecule is CC1CC(N)CN(CC(=O)NCC(F)(F)F)C1. The number of carbonyl (C=O) groups is 1. The minimum absolute atomic E-state index is 0.00540. The summed E-state index contributed by atoms with van der Waals surface area (Å²) in [5, 5.41) is 1.85. The molecule has 4 nitrogen and oxygen atoms in total. The summed E-state index contributed by atoms with van der Waals surface area (Å²) in [5.74, 6) is -0.238. The van der Waals surface area contributed by atoms with Crippen LogP contribution < -0.4 is 11.1 Å². The van der Waals surface area contributed by atoms with Gasteiger partial charge in [0.15, 0.2) is 0 Å². The molecule has 1 saturated heterocycles. The number of piperidine rings is 1. The van der Waals surface area contributed by atoms with E-state index < -0.39 is 18.6 Å².